The number of amides is 1. The summed E-state index contributed by atoms with van der Waals surface area (Å²) >= 11 is 8.33. The molecule has 0 aromatic heterocycles. The van der Waals surface area contributed by atoms with E-state index in [2.05, 4.69) is 37.8 Å². The number of carbonyl (C=O) groups excluding carboxylic acids is 1. The molecule has 1 amide bonds. The van der Waals surface area contributed by atoms with Gasteiger partial charge in [0.2, 0.25) is 0 Å². The molecule has 7 heteroatoms. The zero-order valence-electron chi connectivity index (χ0n) is 16.9. The fourth-order valence-corrected chi connectivity index (χ4v) is 4.78. The van der Waals surface area contributed by atoms with Crippen molar-refractivity contribution in [3.8, 4) is 11.5 Å². The van der Waals surface area contributed by atoms with E-state index >= 15 is 0 Å². The number of hydrogen-bond acceptors (Lipinski definition) is 6. The van der Waals surface area contributed by atoms with Crippen LogP contribution in [0.3, 0.4) is 0 Å². The Morgan fingerprint density at radius 3 is 2.67 bits per heavy atom. The molecule has 4 nitrogen and oxygen atoms in total. The SMILES string of the molecule is C=CCN1C(=O)/C(=C/c2ccc(OCCSc3ccc(C)cc3)c(OC)c2)SC1=S. The van der Waals surface area contributed by atoms with Crippen molar-refractivity contribution >= 4 is 52.0 Å². The van der Waals surface area contributed by atoms with Crippen LogP contribution in [0.1, 0.15) is 11.1 Å². The molecule has 1 heterocycles. The van der Waals surface area contributed by atoms with Gasteiger partial charge in [-0.2, -0.15) is 0 Å². The van der Waals surface area contributed by atoms with E-state index in [1.807, 2.05) is 24.3 Å². The third-order valence-electron chi connectivity index (χ3n) is 4.30. The molecule has 1 aliphatic rings. The third kappa shape index (κ3) is 5.68. The minimum atomic E-state index is -0.0997. The third-order valence-corrected chi connectivity index (χ3v) is 6.66. The fraction of sp³-hybridized carbons (Fsp3) is 0.217. The second-order valence-electron chi connectivity index (χ2n) is 6.50. The van der Waals surface area contributed by atoms with E-state index in [-0.39, 0.29) is 5.91 Å². The predicted molar refractivity (Wildman–Crippen MR) is 130 cm³/mol. The molecule has 0 unspecified atom stereocenters. The first-order valence-electron chi connectivity index (χ1n) is 9.38. The van der Waals surface area contributed by atoms with Crippen LogP contribution in [0, 0.1) is 6.92 Å². The van der Waals surface area contributed by atoms with Crippen molar-refractivity contribution < 1.29 is 14.3 Å². The number of thioether (sulfide) groups is 2. The maximum absolute atomic E-state index is 12.5. The lowest BCUT2D eigenvalue weighted by Crippen LogP contribution is -2.27. The molecule has 3 rings (SSSR count). The molecular formula is C23H23NO3S3. The Labute approximate surface area is 191 Å². The maximum atomic E-state index is 12.5. The number of thiocarbonyl (C=S) groups is 1. The zero-order valence-corrected chi connectivity index (χ0v) is 19.4. The van der Waals surface area contributed by atoms with Crippen LogP contribution in [-0.2, 0) is 4.79 Å². The minimum Gasteiger partial charge on any atom is -0.493 e. The highest BCUT2D eigenvalue weighted by atomic mass is 32.2. The normalized spacial score (nSPS) is 15.0. The van der Waals surface area contributed by atoms with Gasteiger partial charge in [0, 0.05) is 17.2 Å². The maximum Gasteiger partial charge on any atom is 0.266 e. The molecule has 0 spiro atoms. The van der Waals surface area contributed by atoms with Gasteiger partial charge in [0.15, 0.2) is 11.5 Å². The van der Waals surface area contributed by atoms with Crippen molar-refractivity contribution in [2.75, 3.05) is 26.0 Å². The summed E-state index contributed by atoms with van der Waals surface area (Å²) in [5.41, 5.74) is 2.11. The van der Waals surface area contributed by atoms with Gasteiger partial charge in [0.05, 0.1) is 18.6 Å². The summed E-state index contributed by atoms with van der Waals surface area (Å²) in [4.78, 5) is 15.8. The highest BCUT2D eigenvalue weighted by Crippen LogP contribution is 2.34. The number of ether oxygens (including phenoxy) is 2. The first kappa shape index (κ1) is 22.5. The molecular weight excluding hydrogens is 434 g/mol. The summed E-state index contributed by atoms with van der Waals surface area (Å²) in [6.45, 7) is 6.73. The van der Waals surface area contributed by atoms with Crippen LogP contribution in [0.5, 0.6) is 11.5 Å². The minimum absolute atomic E-state index is 0.0997. The number of methoxy groups -OCH3 is 1. The highest BCUT2D eigenvalue weighted by molar-refractivity contribution is 8.26. The van der Waals surface area contributed by atoms with Crippen molar-refractivity contribution in [3.63, 3.8) is 0 Å². The van der Waals surface area contributed by atoms with Gasteiger partial charge in [-0.05, 0) is 42.8 Å². The quantitative estimate of drug-likeness (QED) is 0.161. The Kier molecular flexibility index (Phi) is 8.01. The van der Waals surface area contributed by atoms with Crippen LogP contribution in [0.25, 0.3) is 6.08 Å². The molecule has 0 saturated carbocycles. The van der Waals surface area contributed by atoms with Crippen LogP contribution < -0.4 is 9.47 Å². The molecule has 0 N–H and O–H groups in total. The smallest absolute Gasteiger partial charge is 0.266 e. The van der Waals surface area contributed by atoms with Crippen LogP contribution >= 0.6 is 35.7 Å². The molecule has 0 bridgehead atoms. The molecule has 0 radical (unpaired) electrons. The topological polar surface area (TPSA) is 38.8 Å². The summed E-state index contributed by atoms with van der Waals surface area (Å²) < 4.78 is 11.9. The predicted octanol–water partition coefficient (Wildman–Crippen LogP) is 5.56. The lowest BCUT2D eigenvalue weighted by molar-refractivity contribution is -0.121. The summed E-state index contributed by atoms with van der Waals surface area (Å²) in [6.07, 6.45) is 3.49. The van der Waals surface area contributed by atoms with E-state index in [4.69, 9.17) is 21.7 Å². The van der Waals surface area contributed by atoms with E-state index in [1.165, 1.54) is 22.2 Å². The van der Waals surface area contributed by atoms with E-state index < -0.39 is 0 Å². The Morgan fingerprint density at radius 2 is 1.97 bits per heavy atom. The van der Waals surface area contributed by atoms with Crippen molar-refractivity contribution in [2.24, 2.45) is 0 Å². The highest BCUT2D eigenvalue weighted by Gasteiger charge is 2.30. The molecule has 30 heavy (non-hydrogen) atoms. The summed E-state index contributed by atoms with van der Waals surface area (Å²) in [6, 6.07) is 14.1. The average molecular weight is 458 g/mol. The Bertz CT molecular complexity index is 970. The van der Waals surface area contributed by atoms with E-state index in [0.29, 0.717) is 33.9 Å². The second kappa shape index (κ2) is 10.7. The zero-order chi connectivity index (χ0) is 21.5. The fourth-order valence-electron chi connectivity index (χ4n) is 2.78. The van der Waals surface area contributed by atoms with Crippen molar-refractivity contribution in [1.29, 1.82) is 0 Å². The van der Waals surface area contributed by atoms with Crippen LogP contribution in [-0.4, -0.2) is 41.1 Å². The number of carbonyl (C=O) groups is 1. The van der Waals surface area contributed by atoms with Gasteiger partial charge in [-0.1, -0.05) is 53.8 Å². The standard InChI is InChI=1S/C23H23NO3S3/c1-4-11-24-22(25)21(30-23(24)28)15-17-7-10-19(20(14-17)26-3)27-12-13-29-18-8-5-16(2)6-9-18/h4-10,14-15H,1,11-13H2,2-3H3/b21-15-. The lowest BCUT2D eigenvalue weighted by atomic mass is 10.2. The van der Waals surface area contributed by atoms with E-state index in [0.717, 1.165) is 11.3 Å². The summed E-state index contributed by atoms with van der Waals surface area (Å²) in [7, 11) is 1.61. The van der Waals surface area contributed by atoms with Crippen molar-refractivity contribution in [3.05, 3.63) is 71.2 Å². The Balaban J connectivity index is 1.62. The van der Waals surface area contributed by atoms with Gasteiger partial charge in [-0.15, -0.1) is 18.3 Å². The number of benzene rings is 2. The molecule has 1 saturated heterocycles. The Morgan fingerprint density at radius 1 is 1.20 bits per heavy atom. The molecule has 1 aliphatic heterocycles. The number of rotatable bonds is 9. The Hall–Kier alpha value is -2.22. The van der Waals surface area contributed by atoms with Gasteiger partial charge in [-0.3, -0.25) is 9.69 Å². The monoisotopic (exact) mass is 457 g/mol. The van der Waals surface area contributed by atoms with Gasteiger partial charge < -0.3 is 9.47 Å². The van der Waals surface area contributed by atoms with Gasteiger partial charge >= 0.3 is 0 Å². The van der Waals surface area contributed by atoms with Gasteiger partial charge in [0.25, 0.3) is 5.91 Å². The molecule has 0 aliphatic carbocycles. The van der Waals surface area contributed by atoms with Crippen LogP contribution in [0.15, 0.2) is 64.9 Å². The second-order valence-corrected chi connectivity index (χ2v) is 9.35. The van der Waals surface area contributed by atoms with Crippen LogP contribution in [0.2, 0.25) is 0 Å². The van der Waals surface area contributed by atoms with Gasteiger partial charge in [-0.25, -0.2) is 0 Å². The number of aryl methyl sites for hydroxylation is 1. The average Bonchev–Trinajstić information content (AvgIpc) is 3.00. The first-order valence-corrected chi connectivity index (χ1v) is 11.6. The van der Waals surface area contributed by atoms with Gasteiger partial charge in [0.1, 0.15) is 4.32 Å². The molecule has 1 fully saturated rings. The number of nitrogens with zero attached hydrogens (tertiary/aromatic N) is 1. The molecule has 156 valence electrons. The largest absolute Gasteiger partial charge is 0.493 e. The molecule has 2 aromatic rings. The van der Waals surface area contributed by atoms with Crippen LogP contribution in [0.4, 0.5) is 0 Å². The number of hydrogen-bond donors (Lipinski definition) is 0. The molecule has 0 atom stereocenters. The lowest BCUT2D eigenvalue weighted by Gasteiger charge is -2.12. The van der Waals surface area contributed by atoms with Crippen molar-refractivity contribution in [2.45, 2.75) is 11.8 Å². The summed E-state index contributed by atoms with van der Waals surface area (Å²) in [5.74, 6) is 2.04. The first-order chi connectivity index (χ1) is 14.5. The van der Waals surface area contributed by atoms with E-state index in [1.54, 1.807) is 29.8 Å². The van der Waals surface area contributed by atoms with Crippen molar-refractivity contribution in [1.82, 2.24) is 4.90 Å². The van der Waals surface area contributed by atoms with E-state index in [9.17, 15) is 4.79 Å². The molecule has 2 aromatic carbocycles. The summed E-state index contributed by atoms with van der Waals surface area (Å²) in [5, 5.41) is 0.